The molecule has 1 atom stereocenters. The Morgan fingerprint density at radius 2 is 1.88 bits per heavy atom. The van der Waals surface area contributed by atoms with Crippen LogP contribution in [0.5, 0.6) is 5.75 Å². The zero-order chi connectivity index (χ0) is 21.9. The van der Waals surface area contributed by atoms with Gasteiger partial charge >= 0.3 is 0 Å². The van der Waals surface area contributed by atoms with Gasteiger partial charge in [0.1, 0.15) is 12.4 Å². The largest absolute Gasteiger partial charge is 0.489 e. The van der Waals surface area contributed by atoms with Gasteiger partial charge in [-0.25, -0.2) is 0 Å². The number of aromatic nitrogens is 2. The van der Waals surface area contributed by atoms with Gasteiger partial charge in [-0.3, -0.25) is 9.97 Å². The Labute approximate surface area is 187 Å². The van der Waals surface area contributed by atoms with Gasteiger partial charge in [-0.15, -0.1) is 0 Å². The van der Waals surface area contributed by atoms with E-state index in [9.17, 15) is 0 Å². The molecule has 2 aromatic heterocycles. The van der Waals surface area contributed by atoms with E-state index in [2.05, 4.69) is 40.2 Å². The molecule has 4 aromatic rings. The van der Waals surface area contributed by atoms with Crippen molar-refractivity contribution in [3.63, 3.8) is 0 Å². The average Bonchev–Trinajstić information content (AvgIpc) is 3.33. The van der Waals surface area contributed by atoms with Crippen LogP contribution in [0.25, 0.3) is 10.9 Å². The minimum Gasteiger partial charge on any atom is -0.489 e. The number of hydrogen-bond acceptors (Lipinski definition) is 5. The third kappa shape index (κ3) is 4.13. The maximum atomic E-state index is 8.94. The van der Waals surface area contributed by atoms with Crippen LogP contribution in [0.15, 0.2) is 73.1 Å². The van der Waals surface area contributed by atoms with Gasteiger partial charge in [0, 0.05) is 54.2 Å². The molecule has 0 aliphatic carbocycles. The zero-order valence-corrected chi connectivity index (χ0v) is 18.0. The van der Waals surface area contributed by atoms with Gasteiger partial charge in [-0.2, -0.15) is 5.26 Å². The summed E-state index contributed by atoms with van der Waals surface area (Å²) in [5.74, 6) is 1.32. The number of benzene rings is 2. The third-order valence-corrected chi connectivity index (χ3v) is 6.08. The highest BCUT2D eigenvalue weighted by Crippen LogP contribution is 2.35. The standard InChI is InChI=1S/C27H24N4O/c1-19-14-27(31-13-10-23(17-31)22-8-11-29-12-9-22)25-7-6-24(15-26(25)30-19)32-18-21-4-2-20(16-28)3-5-21/h2-9,11-12,14-15,23H,10,13,17-18H2,1H3/t23-/m0/s1. The lowest BCUT2D eigenvalue weighted by molar-refractivity contribution is 0.306. The second-order valence-corrected chi connectivity index (χ2v) is 8.27. The summed E-state index contributed by atoms with van der Waals surface area (Å²) in [6.45, 7) is 4.53. The quantitative estimate of drug-likeness (QED) is 0.434. The van der Waals surface area contributed by atoms with Gasteiger partial charge in [0.25, 0.3) is 0 Å². The first-order valence-electron chi connectivity index (χ1n) is 10.9. The second kappa shape index (κ2) is 8.68. The lowest BCUT2D eigenvalue weighted by atomic mass is 10.00. The van der Waals surface area contributed by atoms with E-state index in [0.717, 1.165) is 47.4 Å². The van der Waals surface area contributed by atoms with Crippen LogP contribution < -0.4 is 9.64 Å². The van der Waals surface area contributed by atoms with E-state index in [0.29, 0.717) is 18.1 Å². The first kappa shape index (κ1) is 20.0. The number of rotatable bonds is 5. The van der Waals surface area contributed by atoms with Crippen molar-refractivity contribution in [1.29, 1.82) is 5.26 Å². The van der Waals surface area contributed by atoms with Crippen molar-refractivity contribution >= 4 is 16.6 Å². The van der Waals surface area contributed by atoms with E-state index in [4.69, 9.17) is 15.0 Å². The van der Waals surface area contributed by atoms with Crippen LogP contribution in [0.3, 0.4) is 0 Å². The first-order valence-corrected chi connectivity index (χ1v) is 10.9. The molecule has 0 unspecified atom stereocenters. The lowest BCUT2D eigenvalue weighted by Crippen LogP contribution is -2.19. The summed E-state index contributed by atoms with van der Waals surface area (Å²) in [5.41, 5.74) is 6.23. The Hall–Kier alpha value is -3.91. The van der Waals surface area contributed by atoms with Gasteiger partial charge in [0.05, 0.1) is 17.1 Å². The van der Waals surface area contributed by atoms with Crippen LogP contribution in [0.4, 0.5) is 5.69 Å². The van der Waals surface area contributed by atoms with Gasteiger partial charge in [0.2, 0.25) is 0 Å². The van der Waals surface area contributed by atoms with E-state index >= 15 is 0 Å². The summed E-state index contributed by atoms with van der Waals surface area (Å²) < 4.78 is 6.01. The van der Waals surface area contributed by atoms with Crippen molar-refractivity contribution < 1.29 is 4.74 Å². The topological polar surface area (TPSA) is 62.0 Å². The molecule has 1 aliphatic heterocycles. The molecule has 32 heavy (non-hydrogen) atoms. The summed E-state index contributed by atoms with van der Waals surface area (Å²) >= 11 is 0. The van der Waals surface area contributed by atoms with E-state index in [1.807, 2.05) is 55.7 Å². The minimum absolute atomic E-state index is 0.454. The minimum atomic E-state index is 0.454. The number of hydrogen-bond donors (Lipinski definition) is 0. The molecule has 0 saturated carbocycles. The molecule has 1 fully saturated rings. The molecule has 0 spiro atoms. The summed E-state index contributed by atoms with van der Waals surface area (Å²) in [7, 11) is 0. The summed E-state index contributed by atoms with van der Waals surface area (Å²) in [5, 5.41) is 10.1. The second-order valence-electron chi connectivity index (χ2n) is 8.27. The smallest absolute Gasteiger partial charge is 0.122 e. The normalized spacial score (nSPS) is 15.6. The molecule has 5 rings (SSSR count). The van der Waals surface area contributed by atoms with E-state index < -0.39 is 0 Å². The molecule has 0 N–H and O–H groups in total. The Bertz CT molecular complexity index is 1280. The molecule has 0 amide bonds. The van der Waals surface area contributed by atoms with Gasteiger partial charge in [-0.1, -0.05) is 12.1 Å². The van der Waals surface area contributed by atoms with Crippen molar-refractivity contribution in [2.24, 2.45) is 0 Å². The molecule has 0 bridgehead atoms. The number of nitrogens with zero attached hydrogens (tertiary/aromatic N) is 4. The number of anilines is 1. The fourth-order valence-electron chi connectivity index (χ4n) is 4.40. The highest BCUT2D eigenvalue weighted by molar-refractivity contribution is 5.93. The molecule has 5 nitrogen and oxygen atoms in total. The number of nitriles is 1. The predicted octanol–water partition coefficient (Wildman–Crippen LogP) is 5.38. The van der Waals surface area contributed by atoms with Crippen LogP contribution in [-0.4, -0.2) is 23.1 Å². The van der Waals surface area contributed by atoms with Crippen molar-refractivity contribution in [2.45, 2.75) is 25.9 Å². The van der Waals surface area contributed by atoms with E-state index in [1.165, 1.54) is 11.3 Å². The highest BCUT2D eigenvalue weighted by Gasteiger charge is 2.25. The molecule has 3 heterocycles. The SMILES string of the molecule is Cc1cc(N2CC[C@H](c3ccncc3)C2)c2ccc(OCc3ccc(C#N)cc3)cc2n1. The number of fused-ring (bicyclic) bond motifs is 1. The van der Waals surface area contributed by atoms with Gasteiger partial charge in [-0.05, 0) is 66.9 Å². The highest BCUT2D eigenvalue weighted by atomic mass is 16.5. The number of pyridine rings is 2. The maximum Gasteiger partial charge on any atom is 0.122 e. The monoisotopic (exact) mass is 420 g/mol. The van der Waals surface area contributed by atoms with Crippen LogP contribution in [0.2, 0.25) is 0 Å². The number of aryl methyl sites for hydroxylation is 1. The average molecular weight is 421 g/mol. The maximum absolute atomic E-state index is 8.94. The van der Waals surface area contributed by atoms with Gasteiger partial charge < -0.3 is 9.64 Å². The molecular formula is C27H24N4O. The molecule has 1 aliphatic rings. The van der Waals surface area contributed by atoms with Crippen molar-refractivity contribution in [3.05, 3.63) is 95.4 Å². The Morgan fingerprint density at radius 1 is 1.06 bits per heavy atom. The molecule has 5 heteroatoms. The van der Waals surface area contributed by atoms with Crippen LogP contribution in [0.1, 0.15) is 34.7 Å². The fraction of sp³-hybridized carbons (Fsp3) is 0.222. The fourth-order valence-corrected chi connectivity index (χ4v) is 4.40. The number of ether oxygens (including phenoxy) is 1. The summed E-state index contributed by atoms with van der Waals surface area (Å²) in [4.78, 5) is 11.4. The van der Waals surface area contributed by atoms with Crippen molar-refractivity contribution in [1.82, 2.24) is 9.97 Å². The van der Waals surface area contributed by atoms with Gasteiger partial charge in [0.15, 0.2) is 0 Å². The summed E-state index contributed by atoms with van der Waals surface area (Å²) in [6, 6.07) is 22.2. The van der Waals surface area contributed by atoms with Crippen LogP contribution >= 0.6 is 0 Å². The van der Waals surface area contributed by atoms with E-state index in [-0.39, 0.29) is 0 Å². The van der Waals surface area contributed by atoms with Crippen LogP contribution in [0, 0.1) is 18.3 Å². The van der Waals surface area contributed by atoms with E-state index in [1.54, 1.807) is 0 Å². The Balaban J connectivity index is 1.36. The lowest BCUT2D eigenvalue weighted by Gasteiger charge is -2.21. The molecule has 2 aromatic carbocycles. The van der Waals surface area contributed by atoms with Crippen molar-refractivity contribution in [3.8, 4) is 11.8 Å². The Kier molecular flexibility index (Phi) is 5.43. The van der Waals surface area contributed by atoms with Crippen LogP contribution in [-0.2, 0) is 6.61 Å². The zero-order valence-electron chi connectivity index (χ0n) is 18.0. The molecule has 158 valence electrons. The third-order valence-electron chi connectivity index (χ3n) is 6.08. The molecule has 1 saturated heterocycles. The predicted molar refractivity (Wildman–Crippen MR) is 126 cm³/mol. The van der Waals surface area contributed by atoms with Crippen molar-refractivity contribution in [2.75, 3.05) is 18.0 Å². The molecular weight excluding hydrogens is 396 g/mol. The first-order chi connectivity index (χ1) is 15.7. The molecule has 0 radical (unpaired) electrons. The summed E-state index contributed by atoms with van der Waals surface area (Å²) in [6.07, 6.45) is 4.89. The Morgan fingerprint density at radius 3 is 2.66 bits per heavy atom.